The van der Waals surface area contributed by atoms with Crippen LogP contribution in [0.2, 0.25) is 0 Å². The average molecular weight is 412 g/mol. The average Bonchev–Trinajstić information content (AvgIpc) is 2.80. The van der Waals surface area contributed by atoms with Crippen LogP contribution in [0.5, 0.6) is 0 Å². The number of carbonyl (C=O) groups is 1. The van der Waals surface area contributed by atoms with E-state index < -0.39 is 0 Å². The number of allylic oxidation sites excluding steroid dienone is 1. The predicted molar refractivity (Wildman–Crippen MR) is 125 cm³/mol. The lowest BCUT2D eigenvalue weighted by atomic mass is 10.1. The highest BCUT2D eigenvalue weighted by Crippen LogP contribution is 2.18. The quantitative estimate of drug-likeness (QED) is 0.334. The van der Waals surface area contributed by atoms with E-state index in [0.29, 0.717) is 35.0 Å². The summed E-state index contributed by atoms with van der Waals surface area (Å²) in [6.45, 7) is 4.45. The molecular weight excluding hydrogens is 388 g/mol. The van der Waals surface area contributed by atoms with Crippen molar-refractivity contribution in [3.63, 3.8) is 0 Å². The molecule has 156 valence electrons. The van der Waals surface area contributed by atoms with Crippen LogP contribution < -0.4 is 22.1 Å². The number of hydrogen-bond donors (Lipinski definition) is 4. The molecule has 1 heterocycles. The molecule has 31 heavy (non-hydrogen) atoms. The maximum Gasteiger partial charge on any atom is 0.255 e. The number of nitrogen functional groups attached to an aromatic ring is 1. The second kappa shape index (κ2) is 10.4. The second-order valence-corrected chi connectivity index (χ2v) is 6.64. The van der Waals surface area contributed by atoms with Gasteiger partial charge >= 0.3 is 0 Å². The van der Waals surface area contributed by atoms with Gasteiger partial charge in [0, 0.05) is 30.1 Å². The summed E-state index contributed by atoms with van der Waals surface area (Å²) in [6, 6.07) is 18.1. The molecule has 7 heteroatoms. The monoisotopic (exact) mass is 412 g/mol. The molecule has 0 bridgehead atoms. The molecule has 0 unspecified atom stereocenters. The van der Waals surface area contributed by atoms with E-state index >= 15 is 0 Å². The summed E-state index contributed by atoms with van der Waals surface area (Å²) in [5.41, 5.74) is 15.5. The number of nitrogens with two attached hydrogens (primary N) is 2. The highest BCUT2D eigenvalue weighted by molar-refractivity contribution is 6.09. The van der Waals surface area contributed by atoms with Gasteiger partial charge in [-0.1, -0.05) is 30.8 Å². The van der Waals surface area contributed by atoms with Crippen LogP contribution in [0, 0.1) is 0 Å². The van der Waals surface area contributed by atoms with Gasteiger partial charge in [-0.05, 0) is 54.2 Å². The SMILES string of the molecule is C=C(N=C(/C=C\N)c1cccnc1)NCc1ccc(C(=O)Nc2ccccc2N)cc1. The van der Waals surface area contributed by atoms with Gasteiger partial charge in [-0.3, -0.25) is 9.78 Å². The van der Waals surface area contributed by atoms with Crippen LogP contribution in [0.3, 0.4) is 0 Å². The summed E-state index contributed by atoms with van der Waals surface area (Å²) >= 11 is 0. The van der Waals surface area contributed by atoms with Crippen LogP contribution in [-0.4, -0.2) is 16.6 Å². The first-order valence-corrected chi connectivity index (χ1v) is 9.62. The summed E-state index contributed by atoms with van der Waals surface area (Å²) in [4.78, 5) is 21.0. The summed E-state index contributed by atoms with van der Waals surface area (Å²) < 4.78 is 0. The van der Waals surface area contributed by atoms with Crippen molar-refractivity contribution in [2.75, 3.05) is 11.1 Å². The number of rotatable bonds is 8. The highest BCUT2D eigenvalue weighted by atomic mass is 16.1. The molecule has 0 saturated carbocycles. The van der Waals surface area contributed by atoms with Crippen molar-refractivity contribution in [2.24, 2.45) is 10.7 Å². The van der Waals surface area contributed by atoms with Crippen molar-refractivity contribution in [1.29, 1.82) is 0 Å². The lowest BCUT2D eigenvalue weighted by Crippen LogP contribution is -2.14. The van der Waals surface area contributed by atoms with Crippen LogP contribution in [0.4, 0.5) is 11.4 Å². The van der Waals surface area contributed by atoms with Crippen molar-refractivity contribution >= 4 is 23.0 Å². The van der Waals surface area contributed by atoms with Crippen molar-refractivity contribution in [3.05, 3.63) is 114 Å². The smallest absolute Gasteiger partial charge is 0.255 e. The number of benzene rings is 2. The van der Waals surface area contributed by atoms with Crippen LogP contribution >= 0.6 is 0 Å². The predicted octanol–water partition coefficient (Wildman–Crippen LogP) is 3.44. The number of aromatic nitrogens is 1. The number of carbonyl (C=O) groups excluding carboxylic acids is 1. The van der Waals surface area contributed by atoms with Crippen molar-refractivity contribution in [2.45, 2.75) is 6.54 Å². The number of pyridine rings is 1. The zero-order chi connectivity index (χ0) is 22.1. The van der Waals surface area contributed by atoms with Gasteiger partial charge in [-0.15, -0.1) is 0 Å². The van der Waals surface area contributed by atoms with E-state index in [-0.39, 0.29) is 5.91 Å². The van der Waals surface area contributed by atoms with Gasteiger partial charge < -0.3 is 22.1 Å². The molecule has 0 aliphatic heterocycles. The molecule has 0 aliphatic rings. The van der Waals surface area contributed by atoms with E-state index in [2.05, 4.69) is 27.2 Å². The lowest BCUT2D eigenvalue weighted by molar-refractivity contribution is 0.102. The molecule has 3 rings (SSSR count). The molecule has 0 aliphatic carbocycles. The van der Waals surface area contributed by atoms with Crippen LogP contribution in [0.1, 0.15) is 21.5 Å². The normalized spacial score (nSPS) is 11.3. The van der Waals surface area contributed by atoms with Gasteiger partial charge in [0.1, 0.15) is 5.82 Å². The molecule has 0 saturated heterocycles. The van der Waals surface area contributed by atoms with E-state index in [1.54, 1.807) is 42.7 Å². The Morgan fingerprint density at radius 3 is 2.52 bits per heavy atom. The lowest BCUT2D eigenvalue weighted by Gasteiger charge is -2.10. The summed E-state index contributed by atoms with van der Waals surface area (Å²) in [5, 5.41) is 5.97. The minimum absolute atomic E-state index is 0.221. The first-order chi connectivity index (χ1) is 15.1. The zero-order valence-electron chi connectivity index (χ0n) is 17.0. The fraction of sp³-hybridized carbons (Fsp3) is 0.0417. The van der Waals surface area contributed by atoms with Gasteiger partial charge in [-0.2, -0.15) is 0 Å². The van der Waals surface area contributed by atoms with Crippen LogP contribution in [0.15, 0.2) is 103 Å². The number of anilines is 2. The number of para-hydroxylation sites is 2. The molecule has 0 radical (unpaired) electrons. The molecule has 7 nitrogen and oxygen atoms in total. The Morgan fingerprint density at radius 2 is 1.84 bits per heavy atom. The van der Waals surface area contributed by atoms with Crippen molar-refractivity contribution in [3.8, 4) is 0 Å². The van der Waals surface area contributed by atoms with Gasteiger partial charge in [0.25, 0.3) is 5.91 Å². The number of aliphatic imine (C=N–C) groups is 1. The third-order valence-corrected chi connectivity index (χ3v) is 4.39. The molecule has 0 atom stereocenters. The van der Waals surface area contributed by atoms with Crippen molar-refractivity contribution in [1.82, 2.24) is 10.3 Å². The molecule has 2 aromatic carbocycles. The fourth-order valence-electron chi connectivity index (χ4n) is 2.77. The van der Waals surface area contributed by atoms with E-state index in [1.807, 2.05) is 36.4 Å². The largest absolute Gasteiger partial charge is 0.405 e. The number of nitrogens with zero attached hydrogens (tertiary/aromatic N) is 2. The molecule has 1 aromatic heterocycles. The summed E-state index contributed by atoms with van der Waals surface area (Å²) in [6.07, 6.45) is 6.51. The van der Waals surface area contributed by atoms with Crippen LogP contribution in [-0.2, 0) is 6.54 Å². The minimum atomic E-state index is -0.221. The van der Waals surface area contributed by atoms with Gasteiger partial charge in [0.2, 0.25) is 0 Å². The van der Waals surface area contributed by atoms with E-state index in [4.69, 9.17) is 11.5 Å². The van der Waals surface area contributed by atoms with Crippen LogP contribution in [0.25, 0.3) is 0 Å². The van der Waals surface area contributed by atoms with E-state index in [9.17, 15) is 4.79 Å². The molecule has 0 fully saturated rings. The topological polar surface area (TPSA) is 118 Å². The molecule has 6 N–H and O–H groups in total. The number of amides is 1. The van der Waals surface area contributed by atoms with E-state index in [1.165, 1.54) is 6.20 Å². The Bertz CT molecular complexity index is 1100. The third-order valence-electron chi connectivity index (χ3n) is 4.39. The molecular formula is C24H24N6O. The van der Waals surface area contributed by atoms with Crippen molar-refractivity contribution < 1.29 is 4.79 Å². The molecule has 0 spiro atoms. The maximum absolute atomic E-state index is 12.4. The molecule has 1 amide bonds. The zero-order valence-corrected chi connectivity index (χ0v) is 17.0. The van der Waals surface area contributed by atoms with Gasteiger partial charge in [-0.25, -0.2) is 4.99 Å². The number of nitrogens with one attached hydrogen (secondary N) is 2. The maximum atomic E-state index is 12.4. The van der Waals surface area contributed by atoms with Gasteiger partial charge in [0.15, 0.2) is 0 Å². The summed E-state index contributed by atoms with van der Waals surface area (Å²) in [7, 11) is 0. The Labute approximate surface area is 181 Å². The Morgan fingerprint density at radius 1 is 1.06 bits per heavy atom. The Hall–Kier alpha value is -4.39. The first-order valence-electron chi connectivity index (χ1n) is 9.62. The second-order valence-electron chi connectivity index (χ2n) is 6.64. The third kappa shape index (κ3) is 6.04. The summed E-state index contributed by atoms with van der Waals surface area (Å²) in [5.74, 6) is 0.263. The highest BCUT2D eigenvalue weighted by Gasteiger charge is 2.08. The first kappa shape index (κ1) is 21.3. The minimum Gasteiger partial charge on any atom is -0.405 e. The fourth-order valence-corrected chi connectivity index (χ4v) is 2.77. The Balaban J connectivity index is 1.60. The number of hydrogen-bond acceptors (Lipinski definition) is 6. The Kier molecular flexibility index (Phi) is 7.16. The molecule has 3 aromatic rings. The standard InChI is InChI=1S/C24H24N6O/c1-17(29-22(12-13-25)20-5-4-14-27-16-20)28-15-18-8-10-19(11-9-18)24(31)30-23-7-3-2-6-21(23)26/h2-14,16,28H,1,15,25-26H2,(H,30,31)/b13-12-,29-22?. The van der Waals surface area contributed by atoms with Gasteiger partial charge in [0.05, 0.1) is 17.1 Å². The van der Waals surface area contributed by atoms with E-state index in [0.717, 1.165) is 11.1 Å².